The van der Waals surface area contributed by atoms with Crippen molar-refractivity contribution in [1.82, 2.24) is 4.31 Å². The summed E-state index contributed by atoms with van der Waals surface area (Å²) in [4.78, 5) is -0.638. The van der Waals surface area contributed by atoms with Crippen LogP contribution >= 0.6 is 0 Å². The molecule has 21 heavy (non-hydrogen) atoms. The van der Waals surface area contributed by atoms with E-state index in [9.17, 15) is 20.7 Å². The van der Waals surface area contributed by atoms with Crippen molar-refractivity contribution in [2.75, 3.05) is 13.1 Å². The molecule has 2 rings (SSSR count). The van der Waals surface area contributed by atoms with Gasteiger partial charge in [0.05, 0.1) is 22.0 Å². The van der Waals surface area contributed by atoms with E-state index in [1.165, 1.54) is 4.31 Å². The summed E-state index contributed by atoms with van der Waals surface area (Å²) in [6.07, 6.45) is -0.456. The van der Waals surface area contributed by atoms with E-state index in [2.05, 4.69) is 0 Å². The molecule has 0 radical (unpaired) electrons. The molecular weight excluding hydrogens is 321 g/mol. The number of hydrogen-bond acceptors (Lipinski definition) is 5. The fourth-order valence-electron chi connectivity index (χ4n) is 2.25. The minimum atomic E-state index is -4.84. The Balaban J connectivity index is 2.31. The first-order valence-corrected chi connectivity index (χ1v) is 9.13. The lowest BCUT2D eigenvalue weighted by Crippen LogP contribution is -2.48. The first-order valence-electron chi connectivity index (χ1n) is 6.31. The predicted molar refractivity (Wildman–Crippen MR) is 73.5 cm³/mol. The van der Waals surface area contributed by atoms with Crippen molar-refractivity contribution in [1.29, 1.82) is 0 Å². The number of morpholine rings is 1. The molecule has 1 fully saturated rings. The zero-order chi connectivity index (χ0) is 15.8. The van der Waals surface area contributed by atoms with Gasteiger partial charge in [0.15, 0.2) is 0 Å². The second-order valence-corrected chi connectivity index (χ2v) is 8.27. The fraction of sp³-hybridized carbons (Fsp3) is 0.500. The maximum Gasteiger partial charge on any atom is 0.332 e. The van der Waals surface area contributed by atoms with Crippen LogP contribution in [0.15, 0.2) is 34.1 Å². The Bertz CT molecular complexity index is 705. The summed E-state index contributed by atoms with van der Waals surface area (Å²) in [5.41, 5.74) is 0. The van der Waals surface area contributed by atoms with Gasteiger partial charge in [-0.15, -0.1) is 3.89 Å². The molecule has 1 heterocycles. The lowest BCUT2D eigenvalue weighted by atomic mass is 10.3. The van der Waals surface area contributed by atoms with Crippen LogP contribution in [0.1, 0.15) is 13.8 Å². The van der Waals surface area contributed by atoms with Crippen molar-refractivity contribution in [2.24, 2.45) is 0 Å². The number of halogens is 1. The zero-order valence-electron chi connectivity index (χ0n) is 11.6. The van der Waals surface area contributed by atoms with Gasteiger partial charge in [0.1, 0.15) is 0 Å². The van der Waals surface area contributed by atoms with Gasteiger partial charge in [-0.2, -0.15) is 12.7 Å². The van der Waals surface area contributed by atoms with E-state index in [1.807, 2.05) is 0 Å². The van der Waals surface area contributed by atoms with Gasteiger partial charge in [-0.25, -0.2) is 8.42 Å². The van der Waals surface area contributed by atoms with Crippen LogP contribution in [0, 0.1) is 0 Å². The summed E-state index contributed by atoms with van der Waals surface area (Å²) in [6, 6.07) is 4.06. The number of ether oxygens (including phenoxy) is 1. The molecule has 0 N–H and O–H groups in total. The fourth-order valence-corrected chi connectivity index (χ4v) is 4.30. The van der Waals surface area contributed by atoms with E-state index in [0.29, 0.717) is 0 Å². The first kappa shape index (κ1) is 16.3. The highest BCUT2D eigenvalue weighted by atomic mass is 32.3. The standard InChI is InChI=1S/C12H16FNO5S2/c1-9-7-14(8-10(2)19-9)21(17,18)12-5-3-11(4-6-12)20(13,15)16/h3-6,9-10H,7-8H2,1-2H3. The van der Waals surface area contributed by atoms with Crippen LogP contribution in [-0.4, -0.2) is 46.4 Å². The minimum Gasteiger partial charge on any atom is -0.373 e. The molecule has 1 aromatic carbocycles. The van der Waals surface area contributed by atoms with Crippen LogP contribution in [0.3, 0.4) is 0 Å². The van der Waals surface area contributed by atoms with Gasteiger partial charge in [0, 0.05) is 13.1 Å². The van der Waals surface area contributed by atoms with Crippen LogP contribution in [0.25, 0.3) is 0 Å². The smallest absolute Gasteiger partial charge is 0.332 e. The van der Waals surface area contributed by atoms with Crippen molar-refractivity contribution in [3.05, 3.63) is 24.3 Å². The molecule has 2 atom stereocenters. The quantitative estimate of drug-likeness (QED) is 0.773. The van der Waals surface area contributed by atoms with Crippen molar-refractivity contribution in [2.45, 2.75) is 35.8 Å². The Labute approximate surface area is 123 Å². The maximum absolute atomic E-state index is 12.8. The van der Waals surface area contributed by atoms with Gasteiger partial charge in [-0.1, -0.05) is 0 Å². The van der Waals surface area contributed by atoms with Gasteiger partial charge in [0.2, 0.25) is 10.0 Å². The van der Waals surface area contributed by atoms with Crippen molar-refractivity contribution < 1.29 is 25.5 Å². The summed E-state index contributed by atoms with van der Waals surface area (Å²) in [6.45, 7) is 3.99. The van der Waals surface area contributed by atoms with Crippen LogP contribution < -0.4 is 0 Å². The molecule has 1 aliphatic rings. The highest BCUT2D eigenvalue weighted by molar-refractivity contribution is 7.89. The molecule has 0 aromatic heterocycles. The van der Waals surface area contributed by atoms with Crippen LogP contribution in [0.5, 0.6) is 0 Å². The van der Waals surface area contributed by atoms with Gasteiger partial charge in [-0.3, -0.25) is 0 Å². The SMILES string of the molecule is CC1CN(S(=O)(=O)c2ccc(S(=O)(=O)F)cc2)CC(C)O1. The summed E-state index contributed by atoms with van der Waals surface area (Å²) >= 11 is 0. The topological polar surface area (TPSA) is 80.8 Å². The van der Waals surface area contributed by atoms with E-state index < -0.39 is 25.1 Å². The molecule has 9 heteroatoms. The lowest BCUT2D eigenvalue weighted by Gasteiger charge is -2.34. The molecule has 1 saturated heterocycles. The number of hydrogen-bond donors (Lipinski definition) is 0. The molecule has 0 amide bonds. The summed E-state index contributed by atoms with van der Waals surface area (Å²) < 4.78 is 66.0. The van der Waals surface area contributed by atoms with Crippen molar-refractivity contribution in [3.8, 4) is 0 Å². The van der Waals surface area contributed by atoms with Gasteiger partial charge < -0.3 is 4.74 Å². The normalized spacial score (nSPS) is 24.9. The van der Waals surface area contributed by atoms with Crippen molar-refractivity contribution >= 4 is 20.2 Å². The summed E-state index contributed by atoms with van der Waals surface area (Å²) in [7, 11) is -8.59. The van der Waals surface area contributed by atoms with E-state index >= 15 is 0 Å². The summed E-state index contributed by atoms with van der Waals surface area (Å²) in [5, 5.41) is 0. The maximum atomic E-state index is 12.8. The zero-order valence-corrected chi connectivity index (χ0v) is 13.2. The van der Waals surface area contributed by atoms with Crippen LogP contribution in [0.4, 0.5) is 3.89 Å². The third-order valence-electron chi connectivity index (χ3n) is 3.13. The predicted octanol–water partition coefficient (Wildman–Crippen LogP) is 1.14. The van der Waals surface area contributed by atoms with E-state index in [-0.39, 0.29) is 30.2 Å². The average Bonchev–Trinajstić information content (AvgIpc) is 2.36. The van der Waals surface area contributed by atoms with Gasteiger partial charge in [-0.05, 0) is 38.1 Å². The molecule has 1 aromatic rings. The summed E-state index contributed by atoms with van der Waals surface area (Å²) in [5.74, 6) is 0. The number of nitrogens with zero attached hydrogens (tertiary/aromatic N) is 1. The Kier molecular flexibility index (Phi) is 4.39. The molecule has 0 saturated carbocycles. The Morgan fingerprint density at radius 2 is 1.43 bits per heavy atom. The number of rotatable bonds is 3. The average molecular weight is 337 g/mol. The van der Waals surface area contributed by atoms with Crippen molar-refractivity contribution in [3.63, 3.8) is 0 Å². The third-order valence-corrected chi connectivity index (χ3v) is 5.81. The van der Waals surface area contributed by atoms with Crippen LogP contribution in [-0.2, 0) is 25.0 Å². The van der Waals surface area contributed by atoms with E-state index in [0.717, 1.165) is 24.3 Å². The molecule has 1 aliphatic heterocycles. The molecule has 2 unspecified atom stereocenters. The highest BCUT2D eigenvalue weighted by Gasteiger charge is 2.32. The number of sulfonamides is 1. The number of benzene rings is 1. The molecule has 0 bridgehead atoms. The monoisotopic (exact) mass is 337 g/mol. The Morgan fingerprint density at radius 1 is 1.00 bits per heavy atom. The van der Waals surface area contributed by atoms with Crippen LogP contribution in [0.2, 0.25) is 0 Å². The minimum absolute atomic E-state index is 0.0730. The van der Waals surface area contributed by atoms with Gasteiger partial charge >= 0.3 is 10.2 Å². The largest absolute Gasteiger partial charge is 0.373 e. The first-order chi connectivity index (χ1) is 9.60. The second-order valence-electron chi connectivity index (χ2n) is 4.99. The molecule has 0 spiro atoms. The second kappa shape index (κ2) is 5.64. The molecule has 6 nitrogen and oxygen atoms in total. The Morgan fingerprint density at radius 3 is 1.86 bits per heavy atom. The van der Waals surface area contributed by atoms with Gasteiger partial charge in [0.25, 0.3) is 0 Å². The highest BCUT2D eigenvalue weighted by Crippen LogP contribution is 2.22. The third kappa shape index (κ3) is 3.60. The Hall–Kier alpha value is -1.03. The molecule has 0 aliphatic carbocycles. The lowest BCUT2D eigenvalue weighted by molar-refractivity contribution is -0.0440. The van der Waals surface area contributed by atoms with E-state index in [1.54, 1.807) is 13.8 Å². The van der Waals surface area contributed by atoms with E-state index in [4.69, 9.17) is 4.74 Å². The molecular formula is C12H16FNO5S2. The molecule has 118 valence electrons.